The molecular formula is C9H6F2N2O2. The molecule has 0 saturated heterocycles. The lowest BCUT2D eigenvalue weighted by atomic mass is 10.2. The van der Waals surface area contributed by atoms with Gasteiger partial charge in [-0.2, -0.15) is 5.26 Å². The van der Waals surface area contributed by atoms with E-state index in [1.165, 1.54) is 0 Å². The molecule has 0 unspecified atom stereocenters. The molecule has 1 amide bonds. The second-order valence-electron chi connectivity index (χ2n) is 2.67. The summed E-state index contributed by atoms with van der Waals surface area (Å²) in [5.41, 5.74) is -0.150. The number of anilines is 1. The van der Waals surface area contributed by atoms with Gasteiger partial charge in [0.1, 0.15) is 6.42 Å². The molecule has 0 spiro atoms. The third kappa shape index (κ3) is 2.64. The number of carbonyl (C=O) groups excluding carboxylic acids is 1. The number of nitrogens with zero attached hydrogens (tertiary/aromatic N) is 1. The van der Waals surface area contributed by atoms with Crippen LogP contribution >= 0.6 is 0 Å². The normalized spacial score (nSPS) is 9.40. The highest BCUT2D eigenvalue weighted by Gasteiger charge is 2.10. The summed E-state index contributed by atoms with van der Waals surface area (Å²) >= 11 is 0. The number of nitriles is 1. The molecule has 0 fully saturated rings. The lowest BCUT2D eigenvalue weighted by Crippen LogP contribution is -2.10. The van der Waals surface area contributed by atoms with Crippen LogP contribution in [0.1, 0.15) is 6.42 Å². The number of aromatic hydroxyl groups is 1. The second kappa shape index (κ2) is 4.37. The fourth-order valence-electron chi connectivity index (χ4n) is 0.915. The summed E-state index contributed by atoms with van der Waals surface area (Å²) in [7, 11) is 0. The minimum absolute atomic E-state index is 0.150. The Bertz CT molecular complexity index is 417. The van der Waals surface area contributed by atoms with Gasteiger partial charge in [0.05, 0.1) is 6.07 Å². The van der Waals surface area contributed by atoms with E-state index in [9.17, 15) is 13.6 Å². The number of phenolic OH excluding ortho intramolecular Hbond substituents is 1. The molecule has 0 saturated carbocycles. The van der Waals surface area contributed by atoms with Crippen LogP contribution in [0.15, 0.2) is 12.1 Å². The highest BCUT2D eigenvalue weighted by Crippen LogP contribution is 2.23. The van der Waals surface area contributed by atoms with E-state index in [4.69, 9.17) is 10.4 Å². The average molecular weight is 212 g/mol. The summed E-state index contributed by atoms with van der Waals surface area (Å²) in [5.74, 6) is -4.14. The molecule has 0 bridgehead atoms. The summed E-state index contributed by atoms with van der Waals surface area (Å²) in [6, 6.07) is 3.09. The highest BCUT2D eigenvalue weighted by atomic mass is 19.1. The van der Waals surface area contributed by atoms with Gasteiger partial charge in [-0.05, 0) is 0 Å². The van der Waals surface area contributed by atoms with Crippen molar-refractivity contribution in [1.29, 1.82) is 5.26 Å². The molecule has 0 aromatic heterocycles. The van der Waals surface area contributed by atoms with Crippen molar-refractivity contribution in [2.75, 3.05) is 5.32 Å². The van der Waals surface area contributed by atoms with Gasteiger partial charge in [-0.15, -0.1) is 0 Å². The number of amides is 1. The Kier molecular flexibility index (Phi) is 3.18. The number of benzene rings is 1. The Labute approximate surface area is 83.8 Å². The van der Waals surface area contributed by atoms with Crippen LogP contribution in [0, 0.1) is 23.0 Å². The van der Waals surface area contributed by atoms with Crippen LogP contribution in [0.3, 0.4) is 0 Å². The third-order valence-electron chi connectivity index (χ3n) is 1.54. The van der Waals surface area contributed by atoms with E-state index in [0.717, 1.165) is 12.1 Å². The van der Waals surface area contributed by atoms with Crippen LogP contribution in [0.2, 0.25) is 0 Å². The Morgan fingerprint density at radius 3 is 2.47 bits per heavy atom. The Balaban J connectivity index is 2.89. The fraction of sp³-hybridized carbons (Fsp3) is 0.111. The number of nitrogens with one attached hydrogen (secondary N) is 1. The Hall–Kier alpha value is -2.16. The molecule has 6 heteroatoms. The lowest BCUT2D eigenvalue weighted by molar-refractivity contribution is -0.115. The maximum absolute atomic E-state index is 12.8. The first-order valence-corrected chi connectivity index (χ1v) is 3.89. The van der Waals surface area contributed by atoms with Crippen molar-refractivity contribution in [2.24, 2.45) is 0 Å². The molecule has 0 heterocycles. The number of carbonyl (C=O) groups is 1. The van der Waals surface area contributed by atoms with Crippen molar-refractivity contribution in [2.45, 2.75) is 6.42 Å². The van der Waals surface area contributed by atoms with Gasteiger partial charge in [-0.3, -0.25) is 4.79 Å². The predicted molar refractivity (Wildman–Crippen MR) is 46.9 cm³/mol. The van der Waals surface area contributed by atoms with E-state index >= 15 is 0 Å². The van der Waals surface area contributed by atoms with Gasteiger partial charge in [0.25, 0.3) is 0 Å². The molecule has 1 aromatic rings. The fourth-order valence-corrected chi connectivity index (χ4v) is 0.915. The zero-order valence-corrected chi connectivity index (χ0v) is 7.42. The van der Waals surface area contributed by atoms with Gasteiger partial charge >= 0.3 is 0 Å². The number of rotatable bonds is 2. The quantitative estimate of drug-likeness (QED) is 0.730. The van der Waals surface area contributed by atoms with Gasteiger partial charge in [0.15, 0.2) is 17.4 Å². The summed E-state index contributed by atoms with van der Waals surface area (Å²) < 4.78 is 25.5. The van der Waals surface area contributed by atoms with E-state index in [0.29, 0.717) is 0 Å². The van der Waals surface area contributed by atoms with Crippen molar-refractivity contribution in [1.82, 2.24) is 0 Å². The molecule has 0 aliphatic carbocycles. The van der Waals surface area contributed by atoms with Gasteiger partial charge < -0.3 is 10.4 Å². The zero-order valence-electron chi connectivity index (χ0n) is 7.42. The minimum Gasteiger partial charge on any atom is -0.503 e. The zero-order chi connectivity index (χ0) is 11.4. The molecule has 0 atom stereocenters. The molecular weight excluding hydrogens is 206 g/mol. The van der Waals surface area contributed by atoms with E-state index in [1.54, 1.807) is 6.07 Å². The van der Waals surface area contributed by atoms with Crippen molar-refractivity contribution >= 4 is 11.6 Å². The van der Waals surface area contributed by atoms with Crippen LogP contribution in [0.4, 0.5) is 14.5 Å². The summed E-state index contributed by atoms with van der Waals surface area (Å²) in [6.45, 7) is 0. The number of hydrogen-bond donors (Lipinski definition) is 2. The van der Waals surface area contributed by atoms with Gasteiger partial charge in [0, 0.05) is 17.8 Å². The smallest absolute Gasteiger partial charge is 0.238 e. The van der Waals surface area contributed by atoms with Gasteiger partial charge in [0.2, 0.25) is 5.91 Å². The minimum atomic E-state index is -1.18. The molecule has 78 valence electrons. The first-order chi connectivity index (χ1) is 7.04. The predicted octanol–water partition coefficient (Wildman–Crippen LogP) is 1.52. The van der Waals surface area contributed by atoms with Crippen LogP contribution in [0.5, 0.6) is 5.75 Å². The van der Waals surface area contributed by atoms with Crippen molar-refractivity contribution in [3.63, 3.8) is 0 Å². The summed E-state index contributed by atoms with van der Waals surface area (Å²) in [6.07, 6.45) is -0.413. The Morgan fingerprint density at radius 2 is 2.00 bits per heavy atom. The number of phenols is 1. The molecule has 4 nitrogen and oxygen atoms in total. The SMILES string of the molecule is N#CCC(=O)Nc1cc(F)c(O)c(F)c1. The summed E-state index contributed by atoms with van der Waals surface area (Å²) in [5, 5.41) is 19.0. The number of halogens is 2. The van der Waals surface area contributed by atoms with E-state index in [1.807, 2.05) is 0 Å². The van der Waals surface area contributed by atoms with E-state index < -0.39 is 29.7 Å². The summed E-state index contributed by atoms with van der Waals surface area (Å²) in [4.78, 5) is 10.9. The topological polar surface area (TPSA) is 73.1 Å². The molecule has 2 N–H and O–H groups in total. The van der Waals surface area contributed by atoms with Crippen LogP contribution in [-0.4, -0.2) is 11.0 Å². The largest absolute Gasteiger partial charge is 0.503 e. The molecule has 15 heavy (non-hydrogen) atoms. The molecule has 0 radical (unpaired) electrons. The molecule has 1 aromatic carbocycles. The van der Waals surface area contributed by atoms with Crippen LogP contribution < -0.4 is 5.32 Å². The van der Waals surface area contributed by atoms with Crippen LogP contribution in [-0.2, 0) is 4.79 Å². The van der Waals surface area contributed by atoms with Crippen molar-refractivity contribution in [3.05, 3.63) is 23.8 Å². The average Bonchev–Trinajstić information content (AvgIpc) is 2.14. The van der Waals surface area contributed by atoms with E-state index in [-0.39, 0.29) is 5.69 Å². The third-order valence-corrected chi connectivity index (χ3v) is 1.54. The second-order valence-corrected chi connectivity index (χ2v) is 2.67. The molecule has 1 rings (SSSR count). The maximum Gasteiger partial charge on any atom is 0.238 e. The van der Waals surface area contributed by atoms with Crippen molar-refractivity contribution in [3.8, 4) is 11.8 Å². The maximum atomic E-state index is 12.8. The monoisotopic (exact) mass is 212 g/mol. The lowest BCUT2D eigenvalue weighted by Gasteiger charge is -2.04. The highest BCUT2D eigenvalue weighted by molar-refractivity contribution is 5.92. The van der Waals surface area contributed by atoms with E-state index in [2.05, 4.69) is 5.32 Å². The first-order valence-electron chi connectivity index (χ1n) is 3.89. The standard InChI is InChI=1S/C9H6F2N2O2/c10-6-3-5(4-7(11)9(6)15)13-8(14)1-2-12/h3-4,15H,1H2,(H,13,14). The molecule has 0 aliphatic rings. The van der Waals surface area contributed by atoms with Crippen molar-refractivity contribution < 1.29 is 18.7 Å². The van der Waals surface area contributed by atoms with Crippen LogP contribution in [0.25, 0.3) is 0 Å². The molecule has 0 aliphatic heterocycles. The number of hydrogen-bond acceptors (Lipinski definition) is 3. The van der Waals surface area contributed by atoms with Gasteiger partial charge in [-0.1, -0.05) is 0 Å². The first kappa shape index (κ1) is 10.9. The van der Waals surface area contributed by atoms with Gasteiger partial charge in [-0.25, -0.2) is 8.78 Å². The Morgan fingerprint density at radius 1 is 1.47 bits per heavy atom.